The van der Waals surface area contributed by atoms with E-state index >= 15 is 0 Å². The van der Waals surface area contributed by atoms with E-state index in [4.69, 9.17) is 20.6 Å². The van der Waals surface area contributed by atoms with Crippen LogP contribution in [-0.2, 0) is 20.7 Å². The van der Waals surface area contributed by atoms with Gasteiger partial charge in [-0.05, 0) is 20.1 Å². The predicted molar refractivity (Wildman–Crippen MR) is 70.5 cm³/mol. The lowest BCUT2D eigenvalue weighted by atomic mass is 10.7. The molecule has 0 aliphatic rings. The van der Waals surface area contributed by atoms with E-state index in [1.165, 1.54) is 11.8 Å². The zero-order chi connectivity index (χ0) is 13.1. The van der Waals surface area contributed by atoms with Crippen LogP contribution in [-0.4, -0.2) is 29.3 Å². The van der Waals surface area contributed by atoms with E-state index in [1.807, 2.05) is 6.26 Å². The third kappa shape index (κ3) is 3.06. The zero-order valence-electron chi connectivity index (χ0n) is 10.3. The molecule has 1 aromatic heterocycles. The Kier molecular flexibility index (Phi) is 5.54. The number of rotatable bonds is 6. The van der Waals surface area contributed by atoms with Gasteiger partial charge in [-0.1, -0.05) is 11.6 Å². The first-order chi connectivity index (χ1) is 8.00. The van der Waals surface area contributed by atoms with Crippen LogP contribution in [0.25, 0.3) is 0 Å². The standard InChI is InChI=1S/C9H16ClN2O3PS/c1-5-14-16(13,15-6-2)8-7(10)9(17-4)12(3)11-8/h5-6H2,1-4H3. The zero-order valence-corrected chi connectivity index (χ0v) is 12.7. The Bertz CT molecular complexity index is 428. The molecule has 1 aromatic rings. The molecule has 98 valence electrons. The Morgan fingerprint density at radius 2 is 1.94 bits per heavy atom. The smallest absolute Gasteiger partial charge is 0.304 e. The van der Waals surface area contributed by atoms with Crippen LogP contribution in [0.5, 0.6) is 0 Å². The molecule has 0 aliphatic heterocycles. The summed E-state index contributed by atoms with van der Waals surface area (Å²) in [6.07, 6.45) is 1.87. The topological polar surface area (TPSA) is 53.4 Å². The minimum Gasteiger partial charge on any atom is -0.304 e. The Morgan fingerprint density at radius 3 is 2.29 bits per heavy atom. The second-order valence-electron chi connectivity index (χ2n) is 3.10. The number of hydrogen-bond donors (Lipinski definition) is 0. The third-order valence-corrected chi connectivity index (χ3v) is 5.46. The van der Waals surface area contributed by atoms with Gasteiger partial charge >= 0.3 is 7.60 Å². The summed E-state index contributed by atoms with van der Waals surface area (Å²) < 4.78 is 24.5. The summed E-state index contributed by atoms with van der Waals surface area (Å²) in [5.41, 5.74) is 0.190. The van der Waals surface area contributed by atoms with E-state index in [1.54, 1.807) is 25.6 Å². The second kappa shape index (κ2) is 6.25. The van der Waals surface area contributed by atoms with Crippen molar-refractivity contribution in [1.29, 1.82) is 0 Å². The lowest BCUT2D eigenvalue weighted by Crippen LogP contribution is -2.14. The van der Waals surface area contributed by atoms with Gasteiger partial charge < -0.3 is 9.05 Å². The van der Waals surface area contributed by atoms with Gasteiger partial charge in [0.05, 0.1) is 13.2 Å². The van der Waals surface area contributed by atoms with Gasteiger partial charge in [-0.15, -0.1) is 11.8 Å². The van der Waals surface area contributed by atoms with Crippen LogP contribution in [0, 0.1) is 0 Å². The fraction of sp³-hybridized carbons (Fsp3) is 0.667. The Balaban J connectivity index is 3.24. The predicted octanol–water partition coefficient (Wildman–Crippen LogP) is 2.69. The van der Waals surface area contributed by atoms with Crippen molar-refractivity contribution in [3.63, 3.8) is 0 Å². The molecule has 0 amide bonds. The largest absolute Gasteiger partial charge is 0.383 e. The fourth-order valence-electron chi connectivity index (χ4n) is 1.37. The summed E-state index contributed by atoms with van der Waals surface area (Å²) in [4.78, 5) is 0. The summed E-state index contributed by atoms with van der Waals surface area (Å²) >= 11 is 7.58. The van der Waals surface area contributed by atoms with Gasteiger partial charge in [0, 0.05) is 7.05 Å². The molecule has 0 N–H and O–H groups in total. The van der Waals surface area contributed by atoms with Crippen LogP contribution in [0.15, 0.2) is 5.03 Å². The number of hydrogen-bond acceptors (Lipinski definition) is 5. The average Bonchev–Trinajstić information content (AvgIpc) is 2.55. The van der Waals surface area contributed by atoms with Gasteiger partial charge in [0.1, 0.15) is 10.0 Å². The van der Waals surface area contributed by atoms with E-state index in [0.717, 1.165) is 5.03 Å². The molecule has 0 radical (unpaired) electrons. The van der Waals surface area contributed by atoms with E-state index in [-0.39, 0.29) is 18.6 Å². The lowest BCUT2D eigenvalue weighted by Gasteiger charge is -2.14. The number of halogens is 1. The van der Waals surface area contributed by atoms with Gasteiger partial charge in [-0.3, -0.25) is 9.25 Å². The molecule has 0 spiro atoms. The highest BCUT2D eigenvalue weighted by Crippen LogP contribution is 2.49. The maximum Gasteiger partial charge on any atom is 0.383 e. The van der Waals surface area contributed by atoms with Gasteiger partial charge in [0.15, 0.2) is 5.44 Å². The van der Waals surface area contributed by atoms with Crippen molar-refractivity contribution >= 4 is 36.4 Å². The van der Waals surface area contributed by atoms with Crippen LogP contribution in [0.4, 0.5) is 0 Å². The van der Waals surface area contributed by atoms with E-state index in [2.05, 4.69) is 5.10 Å². The lowest BCUT2D eigenvalue weighted by molar-refractivity contribution is 0.229. The van der Waals surface area contributed by atoms with E-state index in [9.17, 15) is 4.57 Å². The van der Waals surface area contributed by atoms with Crippen molar-refractivity contribution in [2.24, 2.45) is 7.05 Å². The summed E-state index contributed by atoms with van der Waals surface area (Å²) in [5.74, 6) is 0. The van der Waals surface area contributed by atoms with Gasteiger partial charge in [0.25, 0.3) is 0 Å². The monoisotopic (exact) mass is 298 g/mol. The van der Waals surface area contributed by atoms with E-state index in [0.29, 0.717) is 5.02 Å². The molecule has 0 bridgehead atoms. The molecule has 0 aliphatic carbocycles. The molecule has 1 heterocycles. The molecule has 0 saturated heterocycles. The number of aromatic nitrogens is 2. The Labute approximate surface area is 110 Å². The van der Waals surface area contributed by atoms with Crippen molar-refractivity contribution < 1.29 is 13.6 Å². The molecule has 5 nitrogen and oxygen atoms in total. The van der Waals surface area contributed by atoms with Crippen LogP contribution in [0.3, 0.4) is 0 Å². The minimum absolute atomic E-state index is 0.190. The summed E-state index contributed by atoms with van der Waals surface area (Å²) in [7, 11) is -1.67. The molecule has 0 atom stereocenters. The van der Waals surface area contributed by atoms with Crippen molar-refractivity contribution in [2.45, 2.75) is 18.9 Å². The van der Waals surface area contributed by atoms with Crippen LogP contribution < -0.4 is 5.44 Å². The first-order valence-corrected chi connectivity index (χ1v) is 8.30. The van der Waals surface area contributed by atoms with Crippen LogP contribution >= 0.6 is 31.0 Å². The molecule has 0 unspecified atom stereocenters. The molecular formula is C9H16ClN2O3PS. The molecule has 1 rings (SSSR count). The summed E-state index contributed by atoms with van der Waals surface area (Å²) in [6, 6.07) is 0. The maximum absolute atomic E-state index is 12.5. The fourth-order valence-corrected chi connectivity index (χ4v) is 4.31. The molecule has 0 saturated carbocycles. The number of aryl methyl sites for hydroxylation is 1. The normalized spacial score (nSPS) is 12.1. The molecule has 0 aromatic carbocycles. The first kappa shape index (κ1) is 15.1. The Morgan fingerprint density at radius 1 is 1.41 bits per heavy atom. The maximum atomic E-state index is 12.5. The minimum atomic E-state index is -3.41. The third-order valence-electron chi connectivity index (χ3n) is 1.97. The molecule has 17 heavy (non-hydrogen) atoms. The highest BCUT2D eigenvalue weighted by molar-refractivity contribution is 7.98. The van der Waals surface area contributed by atoms with Crippen molar-refractivity contribution in [3.05, 3.63) is 5.02 Å². The van der Waals surface area contributed by atoms with Crippen molar-refractivity contribution in [2.75, 3.05) is 19.5 Å². The molecule has 0 fully saturated rings. The highest BCUT2D eigenvalue weighted by atomic mass is 35.5. The van der Waals surface area contributed by atoms with Crippen molar-refractivity contribution in [3.8, 4) is 0 Å². The van der Waals surface area contributed by atoms with Crippen LogP contribution in [0.2, 0.25) is 5.02 Å². The van der Waals surface area contributed by atoms with Crippen molar-refractivity contribution in [1.82, 2.24) is 9.78 Å². The van der Waals surface area contributed by atoms with Crippen LogP contribution in [0.1, 0.15) is 13.8 Å². The van der Waals surface area contributed by atoms with E-state index < -0.39 is 7.60 Å². The van der Waals surface area contributed by atoms with Gasteiger partial charge in [0.2, 0.25) is 0 Å². The van der Waals surface area contributed by atoms with Gasteiger partial charge in [-0.2, -0.15) is 5.10 Å². The average molecular weight is 299 g/mol. The molecular weight excluding hydrogens is 283 g/mol. The highest BCUT2D eigenvalue weighted by Gasteiger charge is 2.34. The molecule has 8 heteroatoms. The number of thioether (sulfide) groups is 1. The first-order valence-electron chi connectivity index (χ1n) is 5.16. The second-order valence-corrected chi connectivity index (χ2v) is 6.21. The quantitative estimate of drug-likeness (QED) is 0.597. The number of nitrogens with zero attached hydrogens (tertiary/aromatic N) is 2. The Hall–Kier alpha value is -0.0000000000000000555. The summed E-state index contributed by atoms with van der Waals surface area (Å²) in [6.45, 7) is 4.05. The summed E-state index contributed by atoms with van der Waals surface area (Å²) in [5, 5.41) is 5.22. The van der Waals surface area contributed by atoms with Gasteiger partial charge in [-0.25, -0.2) is 0 Å². The SMILES string of the molecule is CCOP(=O)(OCC)c1nn(C)c(SC)c1Cl.